The lowest BCUT2D eigenvalue weighted by molar-refractivity contribution is -0.385. The van der Waals surface area contributed by atoms with E-state index in [4.69, 9.17) is 16.3 Å². The third kappa shape index (κ3) is 3.39. The molecule has 134 valence electrons. The van der Waals surface area contributed by atoms with Crippen LogP contribution in [0.3, 0.4) is 0 Å². The molecule has 26 heavy (non-hydrogen) atoms. The number of anilines is 1. The molecule has 1 amide bonds. The van der Waals surface area contributed by atoms with E-state index >= 15 is 0 Å². The molecule has 1 aliphatic rings. The zero-order chi connectivity index (χ0) is 18.8. The van der Waals surface area contributed by atoms with Gasteiger partial charge in [-0.1, -0.05) is 29.8 Å². The number of nitrogens with zero attached hydrogens (tertiary/aromatic N) is 2. The van der Waals surface area contributed by atoms with Crippen LogP contribution in [0.1, 0.15) is 22.8 Å². The van der Waals surface area contributed by atoms with Crippen LogP contribution >= 0.6 is 11.6 Å². The fraction of sp³-hybridized carbons (Fsp3) is 0.222. The van der Waals surface area contributed by atoms with Gasteiger partial charge < -0.3 is 9.64 Å². The van der Waals surface area contributed by atoms with Crippen molar-refractivity contribution in [2.75, 3.05) is 11.4 Å². The molecule has 0 fully saturated rings. The van der Waals surface area contributed by atoms with Crippen molar-refractivity contribution in [3.05, 3.63) is 68.7 Å². The first-order chi connectivity index (χ1) is 12.4. The summed E-state index contributed by atoms with van der Waals surface area (Å²) in [5.41, 5.74) is 1.12. The summed E-state index contributed by atoms with van der Waals surface area (Å²) in [5, 5.41) is 11.2. The highest BCUT2D eigenvalue weighted by Gasteiger charge is 2.31. The minimum Gasteiger partial charge on any atom is -0.449 e. The van der Waals surface area contributed by atoms with Gasteiger partial charge in [0, 0.05) is 23.3 Å². The quantitative estimate of drug-likeness (QED) is 0.465. The number of benzene rings is 2. The molecule has 0 unspecified atom stereocenters. The number of para-hydroxylation sites is 1. The number of nitro benzene ring substituents is 1. The molecule has 1 atom stereocenters. The van der Waals surface area contributed by atoms with Gasteiger partial charge in [-0.15, -0.1) is 0 Å². The van der Waals surface area contributed by atoms with Crippen molar-refractivity contribution in [1.29, 1.82) is 0 Å². The normalized spacial score (nSPS) is 13.8. The fourth-order valence-electron chi connectivity index (χ4n) is 2.89. The van der Waals surface area contributed by atoms with Gasteiger partial charge in [-0.05, 0) is 37.1 Å². The molecule has 2 aromatic carbocycles. The average Bonchev–Trinajstić information content (AvgIpc) is 3.04. The Kier molecular flexibility index (Phi) is 4.90. The molecule has 0 radical (unpaired) electrons. The maximum absolute atomic E-state index is 12.6. The van der Waals surface area contributed by atoms with Gasteiger partial charge >= 0.3 is 5.97 Å². The van der Waals surface area contributed by atoms with E-state index in [1.807, 2.05) is 24.3 Å². The summed E-state index contributed by atoms with van der Waals surface area (Å²) in [5.74, 6) is -1.35. The van der Waals surface area contributed by atoms with Gasteiger partial charge in [0.1, 0.15) is 5.56 Å². The van der Waals surface area contributed by atoms with Crippen LogP contribution in [0.25, 0.3) is 0 Å². The van der Waals surface area contributed by atoms with E-state index in [-0.39, 0.29) is 16.5 Å². The Labute approximate surface area is 154 Å². The van der Waals surface area contributed by atoms with Crippen molar-refractivity contribution in [2.45, 2.75) is 19.4 Å². The molecule has 0 saturated carbocycles. The van der Waals surface area contributed by atoms with Crippen molar-refractivity contribution in [1.82, 2.24) is 0 Å². The highest BCUT2D eigenvalue weighted by molar-refractivity contribution is 6.31. The third-order valence-electron chi connectivity index (χ3n) is 4.16. The predicted molar refractivity (Wildman–Crippen MR) is 95.5 cm³/mol. The number of carbonyl (C=O) groups excluding carboxylic acids is 2. The number of hydrogen-bond donors (Lipinski definition) is 0. The molecule has 3 rings (SSSR count). The Hall–Kier alpha value is -2.93. The molecule has 0 aromatic heterocycles. The summed E-state index contributed by atoms with van der Waals surface area (Å²) >= 11 is 5.82. The summed E-state index contributed by atoms with van der Waals surface area (Å²) in [6.45, 7) is 1.94. The zero-order valence-electron chi connectivity index (χ0n) is 13.8. The lowest BCUT2D eigenvalue weighted by atomic mass is 10.2. The van der Waals surface area contributed by atoms with E-state index in [1.165, 1.54) is 13.0 Å². The summed E-state index contributed by atoms with van der Waals surface area (Å²) in [6.07, 6.45) is -0.366. The van der Waals surface area contributed by atoms with Crippen LogP contribution in [0.2, 0.25) is 5.02 Å². The van der Waals surface area contributed by atoms with Gasteiger partial charge in [0.25, 0.3) is 11.6 Å². The predicted octanol–water partition coefficient (Wildman–Crippen LogP) is 3.38. The van der Waals surface area contributed by atoms with Gasteiger partial charge in [0.05, 0.1) is 4.92 Å². The maximum atomic E-state index is 12.6. The van der Waals surface area contributed by atoms with Crippen LogP contribution in [0.15, 0.2) is 42.5 Å². The average molecular weight is 375 g/mol. The van der Waals surface area contributed by atoms with Crippen LogP contribution < -0.4 is 4.90 Å². The minimum absolute atomic E-state index is 0.162. The minimum atomic E-state index is -1.09. The van der Waals surface area contributed by atoms with Gasteiger partial charge in [-0.3, -0.25) is 14.9 Å². The number of nitro groups is 1. The second kappa shape index (κ2) is 7.13. The van der Waals surface area contributed by atoms with Crippen LogP contribution in [-0.4, -0.2) is 29.4 Å². The summed E-state index contributed by atoms with van der Waals surface area (Å²) < 4.78 is 5.18. The smallest absolute Gasteiger partial charge is 0.345 e. The van der Waals surface area contributed by atoms with E-state index in [2.05, 4.69) is 0 Å². The number of amides is 1. The second-order valence-corrected chi connectivity index (χ2v) is 6.27. The molecule has 0 N–H and O–H groups in total. The van der Waals surface area contributed by atoms with Crippen LogP contribution in [0.4, 0.5) is 11.4 Å². The van der Waals surface area contributed by atoms with Crippen LogP contribution in [0, 0.1) is 10.1 Å². The number of ether oxygens (including phenoxy) is 1. The SMILES string of the molecule is C[C@H](OC(=O)c1cc(Cl)ccc1[N+](=O)[O-])C(=O)N1CCc2ccccc21. The van der Waals surface area contributed by atoms with E-state index in [9.17, 15) is 19.7 Å². The number of rotatable bonds is 4. The van der Waals surface area contributed by atoms with Crippen molar-refractivity contribution in [3.63, 3.8) is 0 Å². The Morgan fingerprint density at radius 2 is 2.00 bits per heavy atom. The van der Waals surface area contributed by atoms with Gasteiger partial charge in [-0.25, -0.2) is 4.79 Å². The third-order valence-corrected chi connectivity index (χ3v) is 4.40. The van der Waals surface area contributed by atoms with E-state index in [0.717, 1.165) is 29.8 Å². The summed E-state index contributed by atoms with van der Waals surface area (Å²) in [4.78, 5) is 36.9. The molecule has 7 nitrogen and oxygen atoms in total. The lowest BCUT2D eigenvalue weighted by Gasteiger charge is -2.21. The number of fused-ring (bicyclic) bond motifs is 1. The molecular weight excluding hydrogens is 360 g/mol. The number of halogens is 1. The first-order valence-electron chi connectivity index (χ1n) is 7.92. The molecule has 8 heteroatoms. The first-order valence-corrected chi connectivity index (χ1v) is 8.30. The number of esters is 1. The van der Waals surface area contributed by atoms with Gasteiger partial charge in [0.2, 0.25) is 0 Å². The molecule has 1 heterocycles. The Balaban J connectivity index is 1.77. The molecule has 2 aromatic rings. The van der Waals surface area contributed by atoms with Crippen molar-refractivity contribution >= 4 is 34.9 Å². The maximum Gasteiger partial charge on any atom is 0.345 e. The van der Waals surface area contributed by atoms with Gasteiger partial charge in [0.15, 0.2) is 6.10 Å². The number of carbonyl (C=O) groups is 2. The summed E-state index contributed by atoms with van der Waals surface area (Å²) in [7, 11) is 0. The van der Waals surface area contributed by atoms with Crippen molar-refractivity contribution in [2.24, 2.45) is 0 Å². The molecular formula is C18H15ClN2O5. The summed E-state index contributed by atoms with van der Waals surface area (Å²) in [6, 6.07) is 11.1. The Bertz CT molecular complexity index is 899. The van der Waals surface area contributed by atoms with Crippen molar-refractivity contribution in [3.8, 4) is 0 Å². The fourth-order valence-corrected chi connectivity index (χ4v) is 3.06. The number of hydrogen-bond acceptors (Lipinski definition) is 5. The topological polar surface area (TPSA) is 89.7 Å². The highest BCUT2D eigenvalue weighted by atomic mass is 35.5. The molecule has 0 spiro atoms. The molecule has 0 bridgehead atoms. The lowest BCUT2D eigenvalue weighted by Crippen LogP contribution is -2.39. The zero-order valence-corrected chi connectivity index (χ0v) is 14.6. The van der Waals surface area contributed by atoms with E-state index < -0.39 is 22.7 Å². The standard InChI is InChI=1S/C18H15ClN2O5/c1-11(17(22)20-9-8-12-4-2-3-5-15(12)20)26-18(23)14-10-13(19)6-7-16(14)21(24)25/h2-7,10-11H,8-9H2,1H3/t11-/m0/s1. The first kappa shape index (κ1) is 17.9. The largest absolute Gasteiger partial charge is 0.449 e. The van der Waals surface area contributed by atoms with E-state index in [1.54, 1.807) is 4.90 Å². The Morgan fingerprint density at radius 1 is 1.27 bits per heavy atom. The second-order valence-electron chi connectivity index (χ2n) is 5.83. The van der Waals surface area contributed by atoms with Gasteiger partial charge in [-0.2, -0.15) is 0 Å². The molecule has 1 aliphatic heterocycles. The highest BCUT2D eigenvalue weighted by Crippen LogP contribution is 2.29. The van der Waals surface area contributed by atoms with Crippen molar-refractivity contribution < 1.29 is 19.2 Å². The molecule has 0 aliphatic carbocycles. The molecule has 0 saturated heterocycles. The van der Waals surface area contributed by atoms with Crippen LogP contribution in [-0.2, 0) is 16.0 Å². The Morgan fingerprint density at radius 3 is 2.73 bits per heavy atom. The van der Waals surface area contributed by atoms with E-state index in [0.29, 0.717) is 6.54 Å². The van der Waals surface area contributed by atoms with Crippen LogP contribution in [0.5, 0.6) is 0 Å². The monoisotopic (exact) mass is 374 g/mol.